The van der Waals surface area contributed by atoms with Gasteiger partial charge in [-0.15, -0.1) is 0 Å². The molecule has 0 saturated carbocycles. The first-order valence-electron chi connectivity index (χ1n) is 6.29. The summed E-state index contributed by atoms with van der Waals surface area (Å²) < 4.78 is 10.9. The van der Waals surface area contributed by atoms with Gasteiger partial charge < -0.3 is 15.0 Å². The van der Waals surface area contributed by atoms with Crippen molar-refractivity contribution in [1.29, 1.82) is 0 Å². The lowest BCUT2D eigenvalue weighted by atomic mass is 10.0. The van der Waals surface area contributed by atoms with E-state index < -0.39 is 0 Å². The molecule has 0 saturated heterocycles. The highest BCUT2D eigenvalue weighted by Crippen LogP contribution is 2.34. The number of benzene rings is 1. The maximum absolute atomic E-state index is 5.85. The van der Waals surface area contributed by atoms with Gasteiger partial charge in [0.1, 0.15) is 5.75 Å². The molecule has 0 bridgehead atoms. The van der Waals surface area contributed by atoms with Gasteiger partial charge in [-0.3, -0.25) is 0 Å². The third-order valence-electron chi connectivity index (χ3n) is 3.27. The van der Waals surface area contributed by atoms with E-state index in [-0.39, 0.29) is 0 Å². The zero-order chi connectivity index (χ0) is 12.5. The molecule has 0 amide bonds. The molecule has 0 atom stereocenters. The number of fused-ring (bicyclic) bond motifs is 1. The van der Waals surface area contributed by atoms with Crippen LogP contribution in [0.3, 0.4) is 0 Å². The number of ether oxygens (including phenoxy) is 1. The van der Waals surface area contributed by atoms with E-state index in [1.54, 1.807) is 0 Å². The van der Waals surface area contributed by atoms with E-state index >= 15 is 0 Å². The molecule has 1 aromatic heterocycles. The summed E-state index contributed by atoms with van der Waals surface area (Å²) in [5.74, 6) is 2.27. The van der Waals surface area contributed by atoms with Crippen LogP contribution in [-0.2, 0) is 12.8 Å². The fraction of sp³-hybridized carbons (Fsp3) is 0.357. The second-order valence-corrected chi connectivity index (χ2v) is 4.55. The number of aromatic nitrogens is 1. The van der Waals surface area contributed by atoms with E-state index in [0.717, 1.165) is 48.5 Å². The summed E-state index contributed by atoms with van der Waals surface area (Å²) in [6.07, 6.45) is 2.86. The number of rotatable bonds is 3. The fourth-order valence-electron chi connectivity index (χ4n) is 2.37. The van der Waals surface area contributed by atoms with Gasteiger partial charge >= 0.3 is 0 Å². The third kappa shape index (κ3) is 1.74. The van der Waals surface area contributed by atoms with Crippen molar-refractivity contribution in [2.75, 3.05) is 12.3 Å². The summed E-state index contributed by atoms with van der Waals surface area (Å²) in [5, 5.41) is 3.88. The largest absolute Gasteiger partial charge is 0.493 e. The first kappa shape index (κ1) is 11.1. The summed E-state index contributed by atoms with van der Waals surface area (Å²) in [6.45, 7) is 2.88. The molecule has 3 rings (SSSR count). The number of nitrogens with zero attached hydrogens (tertiary/aromatic N) is 1. The zero-order valence-corrected chi connectivity index (χ0v) is 10.4. The lowest BCUT2D eigenvalue weighted by molar-refractivity contribution is 0.357. The van der Waals surface area contributed by atoms with E-state index in [2.05, 4.69) is 18.1 Å². The van der Waals surface area contributed by atoms with Gasteiger partial charge in [-0.25, -0.2) is 0 Å². The molecule has 0 radical (unpaired) electrons. The molecule has 4 heteroatoms. The third-order valence-corrected chi connectivity index (χ3v) is 3.27. The van der Waals surface area contributed by atoms with E-state index in [0.29, 0.717) is 5.82 Å². The number of nitrogen functional groups attached to an aromatic ring is 1. The smallest absolute Gasteiger partial charge is 0.172 e. The molecule has 0 aliphatic carbocycles. The molecule has 1 aromatic carbocycles. The Morgan fingerprint density at radius 2 is 2.28 bits per heavy atom. The quantitative estimate of drug-likeness (QED) is 0.901. The van der Waals surface area contributed by atoms with Gasteiger partial charge in [0.25, 0.3) is 0 Å². The van der Waals surface area contributed by atoms with Crippen molar-refractivity contribution in [3.05, 3.63) is 29.3 Å². The van der Waals surface area contributed by atoms with Gasteiger partial charge in [0.05, 0.1) is 6.61 Å². The lowest BCUT2D eigenvalue weighted by Gasteiger charge is -2.03. The molecule has 2 aromatic rings. The maximum Gasteiger partial charge on any atom is 0.172 e. The van der Waals surface area contributed by atoms with Crippen LogP contribution in [0, 0.1) is 0 Å². The Labute approximate surface area is 106 Å². The van der Waals surface area contributed by atoms with E-state index in [1.165, 1.54) is 5.56 Å². The van der Waals surface area contributed by atoms with Gasteiger partial charge in [-0.05, 0) is 30.2 Å². The van der Waals surface area contributed by atoms with Crippen molar-refractivity contribution >= 4 is 5.82 Å². The first-order valence-corrected chi connectivity index (χ1v) is 6.29. The maximum atomic E-state index is 5.85. The number of hydrogen-bond acceptors (Lipinski definition) is 4. The number of hydrogen-bond donors (Lipinski definition) is 1. The highest BCUT2D eigenvalue weighted by molar-refractivity contribution is 5.68. The minimum Gasteiger partial charge on any atom is -0.493 e. The summed E-state index contributed by atoms with van der Waals surface area (Å²) in [5.41, 5.74) is 9.12. The average Bonchev–Trinajstić information content (AvgIpc) is 2.97. The van der Waals surface area contributed by atoms with Gasteiger partial charge in [0, 0.05) is 17.5 Å². The SMILES string of the molecule is CCCc1c(N)noc1-c1ccc2c(c1)CCO2. The summed E-state index contributed by atoms with van der Waals surface area (Å²) >= 11 is 0. The van der Waals surface area contributed by atoms with Gasteiger partial charge in [0.15, 0.2) is 11.6 Å². The molecule has 94 valence electrons. The second kappa shape index (κ2) is 4.37. The first-order chi connectivity index (χ1) is 8.79. The van der Waals surface area contributed by atoms with Crippen LogP contribution in [0.25, 0.3) is 11.3 Å². The van der Waals surface area contributed by atoms with Crippen molar-refractivity contribution in [3.63, 3.8) is 0 Å². The predicted octanol–water partition coefficient (Wildman–Crippen LogP) is 2.81. The molecule has 0 spiro atoms. The molecule has 0 unspecified atom stereocenters. The van der Waals surface area contributed by atoms with E-state index in [1.807, 2.05) is 12.1 Å². The Kier molecular flexibility index (Phi) is 2.70. The van der Waals surface area contributed by atoms with Crippen LogP contribution >= 0.6 is 0 Å². The van der Waals surface area contributed by atoms with Crippen LogP contribution in [0.15, 0.2) is 22.7 Å². The molecular formula is C14H16N2O2. The number of anilines is 1. The molecule has 1 aliphatic heterocycles. The summed E-state index contributed by atoms with van der Waals surface area (Å²) in [4.78, 5) is 0. The highest BCUT2D eigenvalue weighted by Gasteiger charge is 2.18. The van der Waals surface area contributed by atoms with Crippen LogP contribution in [0.5, 0.6) is 5.75 Å². The molecular weight excluding hydrogens is 228 g/mol. The Hall–Kier alpha value is -1.97. The van der Waals surface area contributed by atoms with Crippen LogP contribution in [0.1, 0.15) is 24.5 Å². The van der Waals surface area contributed by atoms with Crippen molar-refractivity contribution in [1.82, 2.24) is 5.16 Å². The van der Waals surface area contributed by atoms with Crippen LogP contribution in [0.4, 0.5) is 5.82 Å². The van der Waals surface area contributed by atoms with Crippen molar-refractivity contribution < 1.29 is 9.26 Å². The van der Waals surface area contributed by atoms with Crippen molar-refractivity contribution in [2.24, 2.45) is 0 Å². The minimum absolute atomic E-state index is 0.503. The van der Waals surface area contributed by atoms with Gasteiger partial charge in [-0.1, -0.05) is 18.5 Å². The van der Waals surface area contributed by atoms with Crippen molar-refractivity contribution in [3.8, 4) is 17.1 Å². The summed E-state index contributed by atoms with van der Waals surface area (Å²) in [6, 6.07) is 6.11. The zero-order valence-electron chi connectivity index (χ0n) is 10.4. The topological polar surface area (TPSA) is 61.3 Å². The van der Waals surface area contributed by atoms with E-state index in [4.69, 9.17) is 15.0 Å². The van der Waals surface area contributed by atoms with Crippen LogP contribution < -0.4 is 10.5 Å². The Balaban J connectivity index is 2.04. The molecule has 1 aliphatic rings. The van der Waals surface area contributed by atoms with Gasteiger partial charge in [0.2, 0.25) is 0 Å². The number of nitrogens with two attached hydrogens (primary N) is 1. The standard InChI is InChI=1S/C14H16N2O2/c1-2-3-11-13(18-16-14(11)15)10-4-5-12-9(8-10)6-7-17-12/h4-5,8H,2-3,6-7H2,1H3,(H2,15,16). The van der Waals surface area contributed by atoms with Gasteiger partial charge in [-0.2, -0.15) is 0 Å². The minimum atomic E-state index is 0.503. The predicted molar refractivity (Wildman–Crippen MR) is 69.5 cm³/mol. The molecule has 2 heterocycles. The molecule has 18 heavy (non-hydrogen) atoms. The van der Waals surface area contributed by atoms with Crippen molar-refractivity contribution in [2.45, 2.75) is 26.2 Å². The normalized spacial score (nSPS) is 13.4. The van der Waals surface area contributed by atoms with Crippen LogP contribution in [0.2, 0.25) is 0 Å². The van der Waals surface area contributed by atoms with E-state index in [9.17, 15) is 0 Å². The Morgan fingerprint density at radius 3 is 3.11 bits per heavy atom. The average molecular weight is 244 g/mol. The fourth-order valence-corrected chi connectivity index (χ4v) is 2.37. The summed E-state index contributed by atoms with van der Waals surface area (Å²) in [7, 11) is 0. The Morgan fingerprint density at radius 1 is 1.39 bits per heavy atom. The second-order valence-electron chi connectivity index (χ2n) is 4.55. The lowest BCUT2D eigenvalue weighted by Crippen LogP contribution is -1.92. The molecule has 2 N–H and O–H groups in total. The Bertz CT molecular complexity index is 575. The van der Waals surface area contributed by atoms with Crippen LogP contribution in [-0.4, -0.2) is 11.8 Å². The molecule has 0 fully saturated rings. The highest BCUT2D eigenvalue weighted by atomic mass is 16.5. The molecule has 4 nitrogen and oxygen atoms in total. The monoisotopic (exact) mass is 244 g/mol.